The number of ketones is 1. The van der Waals surface area contributed by atoms with Crippen molar-refractivity contribution in [2.45, 2.75) is 26.3 Å². The number of esters is 1. The molecule has 0 heterocycles. The number of rotatable bonds is 7. The van der Waals surface area contributed by atoms with Crippen molar-refractivity contribution in [2.24, 2.45) is 0 Å². The Morgan fingerprint density at radius 3 is 2.70 bits per heavy atom. The third-order valence-electron chi connectivity index (χ3n) is 3.08. The van der Waals surface area contributed by atoms with Crippen LogP contribution in [0.1, 0.15) is 27.9 Å². The maximum absolute atomic E-state index is 12.6. The van der Waals surface area contributed by atoms with E-state index < -0.39 is 12.0 Å². The number of nitrogens with one attached hydrogen (secondary N) is 1. The molecule has 0 spiro atoms. The van der Waals surface area contributed by atoms with Crippen molar-refractivity contribution < 1.29 is 14.3 Å². The van der Waals surface area contributed by atoms with E-state index in [1.54, 1.807) is 6.08 Å². The third-order valence-corrected chi connectivity index (χ3v) is 3.08. The molecule has 0 radical (unpaired) electrons. The smallest absolute Gasteiger partial charge is 0.307 e. The van der Waals surface area contributed by atoms with Crippen molar-refractivity contribution in [3.8, 4) is 0 Å². The molecule has 0 aliphatic rings. The van der Waals surface area contributed by atoms with Crippen LogP contribution in [0.25, 0.3) is 0 Å². The van der Waals surface area contributed by atoms with Crippen LogP contribution >= 0.6 is 0 Å². The van der Waals surface area contributed by atoms with Crippen LogP contribution in [0, 0.1) is 13.8 Å². The fraction of sp³-hybridized carbons (Fsp3) is 0.375. The Kier molecular flexibility index (Phi) is 6.12. The molecule has 1 rings (SSSR count). The summed E-state index contributed by atoms with van der Waals surface area (Å²) in [5.74, 6) is -0.510. The van der Waals surface area contributed by atoms with Crippen LogP contribution in [0.5, 0.6) is 0 Å². The molecule has 0 aromatic heterocycles. The van der Waals surface area contributed by atoms with Gasteiger partial charge in [-0.15, -0.1) is 6.58 Å². The van der Waals surface area contributed by atoms with Gasteiger partial charge in [-0.1, -0.05) is 23.8 Å². The molecule has 4 heteroatoms. The predicted octanol–water partition coefficient (Wildman–Crippen LogP) is 2.19. The second kappa shape index (κ2) is 7.60. The number of carbonyl (C=O) groups is 2. The summed E-state index contributed by atoms with van der Waals surface area (Å²) in [6, 6.07) is 5.11. The summed E-state index contributed by atoms with van der Waals surface area (Å²) in [5, 5.41) is 3.01. The number of Topliss-reactive ketones (excluding diaryl/α,β-unsaturated/α-hetero) is 1. The van der Waals surface area contributed by atoms with Crippen LogP contribution < -0.4 is 5.32 Å². The maximum atomic E-state index is 12.6. The largest absolute Gasteiger partial charge is 0.469 e. The van der Waals surface area contributed by atoms with Gasteiger partial charge in [0.1, 0.15) is 0 Å². The van der Waals surface area contributed by atoms with Gasteiger partial charge in [-0.25, -0.2) is 0 Å². The standard InChI is InChI=1S/C16H21NO3/c1-5-8-17-14(10-15(18)20-4)16(19)13-9-11(2)6-7-12(13)3/h5-7,9,14,17H,1,8,10H2,2-4H3. The first-order valence-electron chi connectivity index (χ1n) is 6.52. The summed E-state index contributed by atoms with van der Waals surface area (Å²) in [7, 11) is 1.31. The van der Waals surface area contributed by atoms with Crippen LogP contribution in [0.3, 0.4) is 0 Å². The molecule has 0 aliphatic carbocycles. The summed E-state index contributed by atoms with van der Waals surface area (Å²) in [6.45, 7) is 7.88. The molecule has 0 fully saturated rings. The molecule has 1 unspecified atom stereocenters. The molecule has 20 heavy (non-hydrogen) atoms. The number of benzene rings is 1. The molecule has 1 N–H and O–H groups in total. The molecule has 1 atom stereocenters. The van der Waals surface area contributed by atoms with Gasteiger partial charge in [0.25, 0.3) is 0 Å². The average Bonchev–Trinajstić information content (AvgIpc) is 2.44. The zero-order valence-electron chi connectivity index (χ0n) is 12.2. The molecule has 108 valence electrons. The highest BCUT2D eigenvalue weighted by Gasteiger charge is 2.24. The number of hydrogen-bond donors (Lipinski definition) is 1. The Morgan fingerprint density at radius 2 is 2.10 bits per heavy atom. The maximum Gasteiger partial charge on any atom is 0.307 e. The highest BCUT2D eigenvalue weighted by molar-refractivity contribution is 6.03. The minimum atomic E-state index is -0.596. The van der Waals surface area contributed by atoms with Gasteiger partial charge in [-0.3, -0.25) is 9.59 Å². The highest BCUT2D eigenvalue weighted by atomic mass is 16.5. The summed E-state index contributed by atoms with van der Waals surface area (Å²) in [5.41, 5.74) is 2.55. The summed E-state index contributed by atoms with van der Waals surface area (Å²) in [6.07, 6.45) is 1.66. The molecule has 0 saturated heterocycles. The van der Waals surface area contributed by atoms with E-state index in [2.05, 4.69) is 16.6 Å². The van der Waals surface area contributed by atoms with E-state index in [4.69, 9.17) is 0 Å². The van der Waals surface area contributed by atoms with Gasteiger partial charge in [0.2, 0.25) is 0 Å². The highest BCUT2D eigenvalue weighted by Crippen LogP contribution is 2.14. The fourth-order valence-electron chi connectivity index (χ4n) is 1.92. The molecule has 0 saturated carbocycles. The number of hydrogen-bond acceptors (Lipinski definition) is 4. The van der Waals surface area contributed by atoms with Gasteiger partial charge in [0.15, 0.2) is 5.78 Å². The van der Waals surface area contributed by atoms with E-state index in [-0.39, 0.29) is 12.2 Å². The van der Waals surface area contributed by atoms with Gasteiger partial charge in [-0.05, 0) is 25.5 Å². The van der Waals surface area contributed by atoms with Crippen LogP contribution in [0.4, 0.5) is 0 Å². The van der Waals surface area contributed by atoms with Crippen molar-refractivity contribution >= 4 is 11.8 Å². The summed E-state index contributed by atoms with van der Waals surface area (Å²) in [4.78, 5) is 24.0. The molecular weight excluding hydrogens is 254 g/mol. The van der Waals surface area contributed by atoms with E-state index in [1.165, 1.54) is 7.11 Å². The van der Waals surface area contributed by atoms with E-state index >= 15 is 0 Å². The van der Waals surface area contributed by atoms with Crippen LogP contribution in [0.15, 0.2) is 30.9 Å². The SMILES string of the molecule is C=CCNC(CC(=O)OC)C(=O)c1cc(C)ccc1C. The average molecular weight is 275 g/mol. The number of carbonyl (C=O) groups excluding carboxylic acids is 2. The van der Waals surface area contributed by atoms with Crippen molar-refractivity contribution in [3.63, 3.8) is 0 Å². The van der Waals surface area contributed by atoms with Gasteiger partial charge in [-0.2, -0.15) is 0 Å². The molecule has 0 aliphatic heterocycles. The van der Waals surface area contributed by atoms with E-state index in [0.717, 1.165) is 11.1 Å². The van der Waals surface area contributed by atoms with Gasteiger partial charge in [0, 0.05) is 12.1 Å². The Morgan fingerprint density at radius 1 is 1.40 bits per heavy atom. The molecule has 0 bridgehead atoms. The van der Waals surface area contributed by atoms with Crippen molar-refractivity contribution in [1.29, 1.82) is 0 Å². The Hall–Kier alpha value is -1.94. The quantitative estimate of drug-likeness (QED) is 0.471. The second-order valence-electron chi connectivity index (χ2n) is 4.71. The Balaban J connectivity index is 2.99. The van der Waals surface area contributed by atoms with Gasteiger partial charge >= 0.3 is 5.97 Å². The second-order valence-corrected chi connectivity index (χ2v) is 4.71. The van der Waals surface area contributed by atoms with E-state index in [1.807, 2.05) is 32.0 Å². The number of aryl methyl sites for hydroxylation is 2. The monoisotopic (exact) mass is 275 g/mol. The Labute approximate surface area is 119 Å². The van der Waals surface area contributed by atoms with Crippen molar-refractivity contribution in [3.05, 3.63) is 47.5 Å². The number of methoxy groups -OCH3 is 1. The predicted molar refractivity (Wildman–Crippen MR) is 78.9 cm³/mol. The Bertz CT molecular complexity index is 508. The molecule has 0 amide bonds. The lowest BCUT2D eigenvalue weighted by atomic mass is 9.96. The van der Waals surface area contributed by atoms with Crippen LogP contribution in [-0.2, 0) is 9.53 Å². The van der Waals surface area contributed by atoms with Crippen LogP contribution in [0.2, 0.25) is 0 Å². The normalized spacial score (nSPS) is 11.8. The zero-order chi connectivity index (χ0) is 15.1. The molecule has 1 aromatic carbocycles. The lowest BCUT2D eigenvalue weighted by Gasteiger charge is -2.17. The zero-order valence-corrected chi connectivity index (χ0v) is 12.2. The lowest BCUT2D eigenvalue weighted by molar-refractivity contribution is -0.140. The fourth-order valence-corrected chi connectivity index (χ4v) is 1.92. The topological polar surface area (TPSA) is 55.4 Å². The summed E-state index contributed by atoms with van der Waals surface area (Å²) < 4.78 is 4.64. The van der Waals surface area contributed by atoms with Crippen molar-refractivity contribution in [1.82, 2.24) is 5.32 Å². The molecule has 4 nitrogen and oxygen atoms in total. The number of ether oxygens (including phenoxy) is 1. The van der Waals surface area contributed by atoms with Gasteiger partial charge in [0.05, 0.1) is 19.6 Å². The molecule has 1 aromatic rings. The minimum Gasteiger partial charge on any atom is -0.469 e. The first-order valence-corrected chi connectivity index (χ1v) is 6.52. The van der Waals surface area contributed by atoms with E-state index in [9.17, 15) is 9.59 Å². The third kappa shape index (κ3) is 4.31. The van der Waals surface area contributed by atoms with Gasteiger partial charge < -0.3 is 10.1 Å². The lowest BCUT2D eigenvalue weighted by Crippen LogP contribution is -2.39. The van der Waals surface area contributed by atoms with E-state index in [0.29, 0.717) is 12.1 Å². The first-order chi connectivity index (χ1) is 9.49. The first kappa shape index (κ1) is 16.1. The minimum absolute atomic E-state index is 0.0105. The molecular formula is C16H21NO3. The summed E-state index contributed by atoms with van der Waals surface area (Å²) >= 11 is 0. The van der Waals surface area contributed by atoms with Crippen LogP contribution in [-0.4, -0.2) is 31.4 Å². The van der Waals surface area contributed by atoms with Crippen molar-refractivity contribution in [2.75, 3.05) is 13.7 Å².